The Balaban J connectivity index is 1.66. The van der Waals surface area contributed by atoms with Gasteiger partial charge < -0.3 is 14.6 Å². The van der Waals surface area contributed by atoms with Gasteiger partial charge in [-0.15, -0.1) is 0 Å². The average molecular weight is 395 g/mol. The number of carbonyl (C=O) groups is 1. The summed E-state index contributed by atoms with van der Waals surface area (Å²) in [5.74, 6) is 0.321. The predicted molar refractivity (Wildman–Crippen MR) is 111 cm³/mol. The molecule has 154 valence electrons. The van der Waals surface area contributed by atoms with E-state index in [1.807, 2.05) is 39.1 Å². The third kappa shape index (κ3) is 3.32. The molecular formula is C24H29NO4. The first-order valence-corrected chi connectivity index (χ1v) is 10.4. The highest BCUT2D eigenvalue weighted by atomic mass is 16.5. The van der Waals surface area contributed by atoms with Gasteiger partial charge in [0.1, 0.15) is 23.8 Å². The zero-order chi connectivity index (χ0) is 20.7. The van der Waals surface area contributed by atoms with Gasteiger partial charge in [0.2, 0.25) is 0 Å². The molecule has 4 rings (SSSR count). The summed E-state index contributed by atoms with van der Waals surface area (Å²) in [6.07, 6.45) is 0.732. The van der Waals surface area contributed by atoms with Crippen LogP contribution in [-0.4, -0.2) is 41.2 Å². The number of hydrogen-bond acceptors (Lipinski definition) is 5. The maximum atomic E-state index is 13.5. The first kappa shape index (κ1) is 19.9. The number of likely N-dealkylation sites (N-methyl/N-ethyl adjacent to an activating group) is 1. The van der Waals surface area contributed by atoms with Gasteiger partial charge in [0, 0.05) is 11.6 Å². The maximum absolute atomic E-state index is 13.5. The first-order valence-electron chi connectivity index (χ1n) is 10.4. The third-order valence-corrected chi connectivity index (χ3v) is 6.32. The average Bonchev–Trinajstić information content (AvgIpc) is 3.00. The van der Waals surface area contributed by atoms with Gasteiger partial charge in [0.25, 0.3) is 0 Å². The summed E-state index contributed by atoms with van der Waals surface area (Å²) in [7, 11) is 2.01. The molecule has 5 atom stereocenters. The Labute approximate surface area is 172 Å². The molecule has 29 heavy (non-hydrogen) atoms. The highest BCUT2D eigenvalue weighted by Crippen LogP contribution is 2.44. The van der Waals surface area contributed by atoms with Crippen LogP contribution < -0.4 is 4.74 Å². The SMILES string of the molecule is CCCc1c(O)ccc2c1O[C@@H](C)C([C@H]1O[C@@H](c3ccccc3)[C@@H](C)N1C)C2=O. The molecule has 5 nitrogen and oxygen atoms in total. The van der Waals surface area contributed by atoms with Crippen molar-refractivity contribution in [3.05, 3.63) is 59.2 Å². The van der Waals surface area contributed by atoms with Crippen molar-refractivity contribution in [1.82, 2.24) is 4.90 Å². The van der Waals surface area contributed by atoms with Crippen LogP contribution in [0.1, 0.15) is 54.8 Å². The van der Waals surface area contributed by atoms with Gasteiger partial charge in [0.05, 0.1) is 17.6 Å². The number of ketones is 1. The smallest absolute Gasteiger partial charge is 0.177 e. The summed E-state index contributed by atoms with van der Waals surface area (Å²) in [6, 6.07) is 13.6. The number of fused-ring (bicyclic) bond motifs is 1. The summed E-state index contributed by atoms with van der Waals surface area (Å²) in [5, 5.41) is 10.3. The molecule has 1 saturated heterocycles. The van der Waals surface area contributed by atoms with Gasteiger partial charge >= 0.3 is 0 Å². The third-order valence-electron chi connectivity index (χ3n) is 6.32. The number of aromatic hydroxyl groups is 1. The number of nitrogens with zero attached hydrogens (tertiary/aromatic N) is 1. The minimum Gasteiger partial charge on any atom is -0.508 e. The van der Waals surface area contributed by atoms with Gasteiger partial charge in [-0.05, 0) is 45.0 Å². The Morgan fingerprint density at radius 2 is 1.83 bits per heavy atom. The number of ether oxygens (including phenoxy) is 2. The van der Waals surface area contributed by atoms with Gasteiger partial charge in [-0.25, -0.2) is 0 Å². The Bertz CT molecular complexity index is 897. The second-order valence-corrected chi connectivity index (χ2v) is 8.17. The molecule has 0 aliphatic carbocycles. The van der Waals surface area contributed by atoms with Gasteiger partial charge in [-0.2, -0.15) is 0 Å². The van der Waals surface area contributed by atoms with Crippen LogP contribution >= 0.6 is 0 Å². The van der Waals surface area contributed by atoms with Crippen LogP contribution in [0.3, 0.4) is 0 Å². The Morgan fingerprint density at radius 3 is 2.52 bits per heavy atom. The largest absolute Gasteiger partial charge is 0.508 e. The molecule has 2 aliphatic heterocycles. The molecule has 1 unspecified atom stereocenters. The number of rotatable bonds is 4. The van der Waals surface area contributed by atoms with E-state index < -0.39 is 5.92 Å². The Hall–Kier alpha value is -2.37. The van der Waals surface area contributed by atoms with Crippen LogP contribution in [0.4, 0.5) is 0 Å². The van der Waals surface area contributed by atoms with Crippen molar-refractivity contribution in [2.24, 2.45) is 5.92 Å². The number of carbonyl (C=O) groups excluding carboxylic acids is 1. The number of hydrogen-bond donors (Lipinski definition) is 1. The second kappa shape index (κ2) is 7.81. The minimum absolute atomic E-state index is 0.0221. The van der Waals surface area contributed by atoms with Crippen LogP contribution in [0.2, 0.25) is 0 Å². The summed E-state index contributed by atoms with van der Waals surface area (Å²) >= 11 is 0. The molecule has 1 fully saturated rings. The molecule has 2 heterocycles. The van der Waals surface area contributed by atoms with Crippen molar-refractivity contribution < 1.29 is 19.4 Å². The van der Waals surface area contributed by atoms with Crippen LogP contribution in [0, 0.1) is 5.92 Å². The van der Waals surface area contributed by atoms with Gasteiger partial charge in [0.15, 0.2) is 5.78 Å². The lowest BCUT2D eigenvalue weighted by Gasteiger charge is -2.37. The van der Waals surface area contributed by atoms with Crippen molar-refractivity contribution in [2.45, 2.75) is 58.1 Å². The van der Waals surface area contributed by atoms with Crippen molar-refractivity contribution in [2.75, 3.05) is 7.05 Å². The van der Waals surface area contributed by atoms with E-state index in [1.54, 1.807) is 12.1 Å². The maximum Gasteiger partial charge on any atom is 0.177 e. The summed E-state index contributed by atoms with van der Waals surface area (Å²) in [4.78, 5) is 15.6. The summed E-state index contributed by atoms with van der Waals surface area (Å²) < 4.78 is 12.7. The van der Waals surface area contributed by atoms with E-state index in [4.69, 9.17) is 9.47 Å². The molecule has 0 saturated carbocycles. The van der Waals surface area contributed by atoms with E-state index in [0.717, 1.165) is 17.5 Å². The number of phenols is 1. The normalized spacial score (nSPS) is 29.5. The summed E-state index contributed by atoms with van der Waals surface area (Å²) in [6.45, 7) is 6.09. The van der Waals surface area contributed by atoms with E-state index in [9.17, 15) is 9.90 Å². The number of Topliss-reactive ketones (excluding diaryl/α,β-unsaturated/α-hetero) is 1. The molecule has 0 radical (unpaired) electrons. The molecule has 2 aromatic carbocycles. The van der Waals surface area contributed by atoms with Gasteiger partial charge in [-0.3, -0.25) is 9.69 Å². The van der Waals surface area contributed by atoms with E-state index >= 15 is 0 Å². The highest BCUT2D eigenvalue weighted by Gasteiger charge is 2.49. The second-order valence-electron chi connectivity index (χ2n) is 8.17. The molecule has 0 amide bonds. The number of phenolic OH excluding ortho intramolecular Hbond substituents is 1. The standard InChI is InChI=1S/C24H29NO4/c1-5-9-17-19(26)13-12-18-21(27)20(15(3)28-23(17)18)24-25(4)14(2)22(29-24)16-10-7-6-8-11-16/h6-8,10-15,20,22,24,26H,5,9H2,1-4H3/t14-,15+,20?,22-,24-/m1/s1. The van der Waals surface area contributed by atoms with Gasteiger partial charge in [-0.1, -0.05) is 43.7 Å². The van der Waals surface area contributed by atoms with E-state index in [-0.39, 0.29) is 36.0 Å². The fraction of sp³-hybridized carbons (Fsp3) is 0.458. The first-order chi connectivity index (χ1) is 13.9. The van der Waals surface area contributed by atoms with E-state index in [1.165, 1.54) is 0 Å². The van der Waals surface area contributed by atoms with Crippen LogP contribution in [-0.2, 0) is 11.2 Å². The zero-order valence-electron chi connectivity index (χ0n) is 17.5. The molecule has 0 aromatic heterocycles. The van der Waals surface area contributed by atoms with Crippen molar-refractivity contribution >= 4 is 5.78 Å². The topological polar surface area (TPSA) is 59.0 Å². The molecule has 0 spiro atoms. The lowest BCUT2D eigenvalue weighted by Crippen LogP contribution is -2.49. The van der Waals surface area contributed by atoms with Crippen LogP contribution in [0.25, 0.3) is 0 Å². The van der Waals surface area contributed by atoms with Crippen LogP contribution in [0.5, 0.6) is 11.5 Å². The fourth-order valence-electron chi connectivity index (χ4n) is 4.59. The molecule has 1 N–H and O–H groups in total. The molecular weight excluding hydrogens is 366 g/mol. The highest BCUT2D eigenvalue weighted by molar-refractivity contribution is 6.02. The zero-order valence-corrected chi connectivity index (χ0v) is 17.5. The van der Waals surface area contributed by atoms with E-state index in [0.29, 0.717) is 17.7 Å². The molecule has 0 bridgehead atoms. The quantitative estimate of drug-likeness (QED) is 0.834. The van der Waals surface area contributed by atoms with Crippen LogP contribution in [0.15, 0.2) is 42.5 Å². The van der Waals surface area contributed by atoms with Crippen molar-refractivity contribution in [3.63, 3.8) is 0 Å². The number of benzene rings is 2. The Morgan fingerprint density at radius 1 is 1.10 bits per heavy atom. The van der Waals surface area contributed by atoms with E-state index in [2.05, 4.69) is 24.0 Å². The molecule has 5 heteroatoms. The fourth-order valence-corrected chi connectivity index (χ4v) is 4.59. The lowest BCUT2D eigenvalue weighted by atomic mass is 9.86. The van der Waals surface area contributed by atoms with Crippen molar-refractivity contribution in [1.29, 1.82) is 0 Å². The minimum atomic E-state index is -0.428. The predicted octanol–water partition coefficient (Wildman–Crippen LogP) is 4.34. The molecule has 2 aromatic rings. The lowest BCUT2D eigenvalue weighted by molar-refractivity contribution is -0.0556. The monoisotopic (exact) mass is 395 g/mol. The Kier molecular flexibility index (Phi) is 5.36. The van der Waals surface area contributed by atoms with Crippen molar-refractivity contribution in [3.8, 4) is 11.5 Å². The molecule has 2 aliphatic rings. The summed E-state index contributed by atoms with van der Waals surface area (Å²) in [5.41, 5.74) is 2.38.